The molecule has 1 fully saturated rings. The monoisotopic (exact) mass is 275 g/mol. The van der Waals surface area contributed by atoms with E-state index in [1.807, 2.05) is 24.3 Å². The maximum atomic E-state index is 12.3. The van der Waals surface area contributed by atoms with Gasteiger partial charge in [-0.2, -0.15) is 0 Å². The van der Waals surface area contributed by atoms with Crippen molar-refractivity contribution in [3.05, 3.63) is 24.3 Å². The van der Waals surface area contributed by atoms with E-state index >= 15 is 0 Å². The summed E-state index contributed by atoms with van der Waals surface area (Å²) < 4.78 is 5.63. The molecule has 2 rings (SSSR count). The van der Waals surface area contributed by atoms with Crippen LogP contribution in [0, 0.1) is 11.3 Å². The van der Waals surface area contributed by atoms with E-state index in [0.717, 1.165) is 37.1 Å². The number of benzene rings is 1. The minimum atomic E-state index is -0.188. The van der Waals surface area contributed by atoms with Crippen LogP contribution < -0.4 is 10.1 Å². The molecular weight excluding hydrogens is 250 g/mol. The zero-order valence-corrected chi connectivity index (χ0v) is 12.7. The van der Waals surface area contributed by atoms with E-state index in [9.17, 15) is 4.79 Å². The van der Waals surface area contributed by atoms with E-state index in [1.165, 1.54) is 0 Å². The molecule has 110 valence electrons. The van der Waals surface area contributed by atoms with Crippen molar-refractivity contribution in [2.75, 3.05) is 11.9 Å². The highest BCUT2D eigenvalue weighted by atomic mass is 16.5. The van der Waals surface area contributed by atoms with Crippen LogP contribution in [-0.4, -0.2) is 12.5 Å². The van der Waals surface area contributed by atoms with Crippen molar-refractivity contribution >= 4 is 11.6 Å². The van der Waals surface area contributed by atoms with Crippen LogP contribution in [0.5, 0.6) is 5.75 Å². The molecular formula is C17H25NO2. The number of hydrogen-bond acceptors (Lipinski definition) is 2. The van der Waals surface area contributed by atoms with Gasteiger partial charge in [-0.25, -0.2) is 0 Å². The molecule has 0 radical (unpaired) electrons. The Morgan fingerprint density at radius 1 is 1.25 bits per heavy atom. The minimum absolute atomic E-state index is 0.144. The lowest BCUT2D eigenvalue weighted by Gasteiger charge is -2.22. The first-order valence-electron chi connectivity index (χ1n) is 7.54. The van der Waals surface area contributed by atoms with Crippen molar-refractivity contribution in [3.8, 4) is 5.75 Å². The van der Waals surface area contributed by atoms with E-state index in [1.54, 1.807) is 0 Å². The zero-order valence-electron chi connectivity index (χ0n) is 12.7. The van der Waals surface area contributed by atoms with Crippen molar-refractivity contribution in [1.82, 2.24) is 0 Å². The maximum Gasteiger partial charge on any atom is 0.230 e. The largest absolute Gasteiger partial charge is 0.493 e. The van der Waals surface area contributed by atoms with E-state index < -0.39 is 0 Å². The predicted octanol–water partition coefficient (Wildman–Crippen LogP) is 4.24. The fourth-order valence-electron chi connectivity index (χ4n) is 2.56. The van der Waals surface area contributed by atoms with Gasteiger partial charge in [-0.3, -0.25) is 4.79 Å². The Morgan fingerprint density at radius 2 is 1.85 bits per heavy atom. The van der Waals surface area contributed by atoms with Gasteiger partial charge in [0, 0.05) is 11.1 Å². The molecule has 0 spiro atoms. The highest BCUT2D eigenvalue weighted by Gasteiger charge is 2.36. The first kappa shape index (κ1) is 14.9. The molecule has 1 aliphatic carbocycles. The van der Waals surface area contributed by atoms with Gasteiger partial charge in [-0.05, 0) is 43.0 Å². The third kappa shape index (κ3) is 3.75. The van der Waals surface area contributed by atoms with Crippen LogP contribution in [0.3, 0.4) is 0 Å². The SMILES string of the molecule is CC(C)COc1ccc(NC(=O)C2(C)CCCC2)cc1. The van der Waals surface area contributed by atoms with Crippen molar-refractivity contribution < 1.29 is 9.53 Å². The van der Waals surface area contributed by atoms with Gasteiger partial charge >= 0.3 is 0 Å². The Balaban J connectivity index is 1.91. The average molecular weight is 275 g/mol. The highest BCUT2D eigenvalue weighted by molar-refractivity contribution is 5.95. The van der Waals surface area contributed by atoms with Crippen LogP contribution >= 0.6 is 0 Å². The first-order valence-corrected chi connectivity index (χ1v) is 7.54. The minimum Gasteiger partial charge on any atom is -0.493 e. The van der Waals surface area contributed by atoms with E-state index in [4.69, 9.17) is 4.74 Å². The van der Waals surface area contributed by atoms with E-state index in [-0.39, 0.29) is 11.3 Å². The lowest BCUT2D eigenvalue weighted by Crippen LogP contribution is -2.30. The van der Waals surface area contributed by atoms with E-state index in [0.29, 0.717) is 12.5 Å². The summed E-state index contributed by atoms with van der Waals surface area (Å²) in [4.78, 5) is 12.3. The number of ether oxygens (including phenoxy) is 1. The standard InChI is InChI=1S/C17H25NO2/c1-13(2)12-20-15-8-6-14(7-9-15)18-16(19)17(3)10-4-5-11-17/h6-9,13H,4-5,10-12H2,1-3H3,(H,18,19). The normalized spacial score (nSPS) is 17.2. The summed E-state index contributed by atoms with van der Waals surface area (Å²) >= 11 is 0. The van der Waals surface area contributed by atoms with Gasteiger partial charge in [0.1, 0.15) is 5.75 Å². The van der Waals surface area contributed by atoms with Gasteiger partial charge in [0.15, 0.2) is 0 Å². The van der Waals surface area contributed by atoms with Gasteiger partial charge in [-0.1, -0.05) is 33.6 Å². The molecule has 0 heterocycles. The summed E-state index contributed by atoms with van der Waals surface area (Å²) in [5.74, 6) is 1.51. The molecule has 1 aliphatic rings. The number of carbonyl (C=O) groups is 1. The third-order valence-electron chi connectivity index (χ3n) is 3.95. The molecule has 0 bridgehead atoms. The first-order chi connectivity index (χ1) is 9.49. The summed E-state index contributed by atoms with van der Waals surface area (Å²) in [7, 11) is 0. The molecule has 3 nitrogen and oxygen atoms in total. The maximum absolute atomic E-state index is 12.3. The lowest BCUT2D eigenvalue weighted by molar-refractivity contribution is -0.124. The van der Waals surface area contributed by atoms with Crippen LogP contribution in [0.4, 0.5) is 5.69 Å². The number of amides is 1. The fourth-order valence-corrected chi connectivity index (χ4v) is 2.56. The molecule has 1 aromatic rings. The second-order valence-corrected chi connectivity index (χ2v) is 6.45. The topological polar surface area (TPSA) is 38.3 Å². The Kier molecular flexibility index (Phi) is 4.69. The molecule has 1 amide bonds. The Labute approximate surface area is 121 Å². The second-order valence-electron chi connectivity index (χ2n) is 6.45. The van der Waals surface area contributed by atoms with Crippen molar-refractivity contribution in [3.63, 3.8) is 0 Å². The fraction of sp³-hybridized carbons (Fsp3) is 0.588. The Hall–Kier alpha value is -1.51. The molecule has 0 unspecified atom stereocenters. The molecule has 1 aromatic carbocycles. The van der Waals surface area contributed by atoms with Crippen LogP contribution in [0.1, 0.15) is 46.5 Å². The summed E-state index contributed by atoms with van der Waals surface area (Å²) in [6.45, 7) is 7.02. The number of anilines is 1. The molecule has 0 aliphatic heterocycles. The highest BCUT2D eigenvalue weighted by Crippen LogP contribution is 2.38. The van der Waals surface area contributed by atoms with Gasteiger partial charge in [0.25, 0.3) is 0 Å². The summed E-state index contributed by atoms with van der Waals surface area (Å²) in [5.41, 5.74) is 0.660. The number of carbonyl (C=O) groups excluding carboxylic acids is 1. The molecule has 0 atom stereocenters. The van der Waals surface area contributed by atoms with Gasteiger partial charge in [0.05, 0.1) is 6.61 Å². The van der Waals surface area contributed by atoms with Gasteiger partial charge < -0.3 is 10.1 Å². The molecule has 0 saturated heterocycles. The number of nitrogens with one attached hydrogen (secondary N) is 1. The molecule has 1 N–H and O–H groups in total. The Morgan fingerprint density at radius 3 is 2.40 bits per heavy atom. The Bertz CT molecular complexity index is 445. The number of rotatable bonds is 5. The van der Waals surface area contributed by atoms with Crippen molar-refractivity contribution in [1.29, 1.82) is 0 Å². The van der Waals surface area contributed by atoms with Crippen LogP contribution in [0.25, 0.3) is 0 Å². The summed E-state index contributed by atoms with van der Waals surface area (Å²) in [6, 6.07) is 7.64. The van der Waals surface area contributed by atoms with Crippen LogP contribution in [-0.2, 0) is 4.79 Å². The lowest BCUT2D eigenvalue weighted by atomic mass is 9.88. The third-order valence-corrected chi connectivity index (χ3v) is 3.95. The zero-order chi connectivity index (χ0) is 14.6. The van der Waals surface area contributed by atoms with Crippen molar-refractivity contribution in [2.24, 2.45) is 11.3 Å². The van der Waals surface area contributed by atoms with Crippen LogP contribution in [0.15, 0.2) is 24.3 Å². The second kappa shape index (κ2) is 6.29. The molecule has 0 aromatic heterocycles. The number of hydrogen-bond donors (Lipinski definition) is 1. The van der Waals surface area contributed by atoms with Crippen LogP contribution in [0.2, 0.25) is 0 Å². The smallest absolute Gasteiger partial charge is 0.230 e. The van der Waals surface area contributed by atoms with Gasteiger partial charge in [-0.15, -0.1) is 0 Å². The predicted molar refractivity (Wildman–Crippen MR) is 82.0 cm³/mol. The van der Waals surface area contributed by atoms with Gasteiger partial charge in [0.2, 0.25) is 5.91 Å². The molecule has 3 heteroatoms. The summed E-state index contributed by atoms with van der Waals surface area (Å²) in [6.07, 6.45) is 4.31. The van der Waals surface area contributed by atoms with Crippen molar-refractivity contribution in [2.45, 2.75) is 46.5 Å². The molecule has 20 heavy (non-hydrogen) atoms. The van der Waals surface area contributed by atoms with E-state index in [2.05, 4.69) is 26.1 Å². The average Bonchev–Trinajstić information content (AvgIpc) is 2.86. The quantitative estimate of drug-likeness (QED) is 0.872. The summed E-state index contributed by atoms with van der Waals surface area (Å²) in [5, 5.41) is 3.02. The molecule has 1 saturated carbocycles.